The maximum Gasteiger partial charge on any atom is 0.199 e. The Labute approximate surface area is 133 Å². The highest BCUT2D eigenvalue weighted by molar-refractivity contribution is 7.90. The van der Waals surface area contributed by atoms with Crippen LogP contribution in [0.2, 0.25) is 0 Å². The van der Waals surface area contributed by atoms with Crippen LogP contribution in [0.3, 0.4) is 0 Å². The lowest BCUT2D eigenvalue weighted by Crippen LogP contribution is -2.10. The van der Waals surface area contributed by atoms with Crippen LogP contribution >= 0.6 is 0 Å². The lowest BCUT2D eigenvalue weighted by Gasteiger charge is -2.16. The molecule has 0 aliphatic rings. The summed E-state index contributed by atoms with van der Waals surface area (Å²) >= 11 is 0. The van der Waals surface area contributed by atoms with Crippen molar-refractivity contribution in [3.05, 3.63) is 59.3 Å². The largest absolute Gasteiger partial charge is 0.245 e. The molecular weight excluding hydrogens is 294 g/mol. The molecule has 0 aliphatic carbocycles. The Morgan fingerprint density at radius 1 is 1.00 bits per heavy atom. The first-order valence-corrected chi connectivity index (χ1v) is 9.23. The average Bonchev–Trinajstić information content (AvgIpc) is 2.47. The van der Waals surface area contributed by atoms with Crippen LogP contribution in [0.5, 0.6) is 0 Å². The summed E-state index contributed by atoms with van der Waals surface area (Å²) < 4.78 is 25.2. The minimum absolute atomic E-state index is 0.00190. The van der Waals surface area contributed by atoms with Gasteiger partial charge in [0.1, 0.15) is 0 Å². The number of aromatic nitrogens is 1. The zero-order valence-corrected chi connectivity index (χ0v) is 14.4. The molecule has 0 saturated carbocycles. The van der Waals surface area contributed by atoms with Crippen LogP contribution < -0.4 is 0 Å². The van der Waals surface area contributed by atoms with Gasteiger partial charge >= 0.3 is 0 Å². The van der Waals surface area contributed by atoms with Crippen molar-refractivity contribution < 1.29 is 8.42 Å². The highest BCUT2D eigenvalue weighted by Gasteiger charge is 2.20. The summed E-state index contributed by atoms with van der Waals surface area (Å²) in [7, 11) is -3.42. The zero-order valence-electron chi connectivity index (χ0n) is 13.6. The van der Waals surface area contributed by atoms with Gasteiger partial charge in [-0.15, -0.1) is 0 Å². The minimum Gasteiger partial charge on any atom is -0.245 e. The van der Waals surface area contributed by atoms with Crippen molar-refractivity contribution in [3.63, 3.8) is 0 Å². The Kier molecular flexibility index (Phi) is 5.01. The van der Waals surface area contributed by atoms with Crippen LogP contribution in [-0.2, 0) is 15.6 Å². The van der Waals surface area contributed by atoms with Gasteiger partial charge in [-0.25, -0.2) is 13.4 Å². The second-order valence-corrected chi connectivity index (χ2v) is 8.13. The van der Waals surface area contributed by atoms with Crippen molar-refractivity contribution in [3.8, 4) is 0 Å². The molecule has 1 aromatic heterocycles. The van der Waals surface area contributed by atoms with E-state index in [2.05, 4.69) is 44.8 Å². The second kappa shape index (κ2) is 6.61. The minimum atomic E-state index is -3.42. The van der Waals surface area contributed by atoms with Crippen LogP contribution in [0.25, 0.3) is 0 Å². The summed E-state index contributed by atoms with van der Waals surface area (Å²) in [5.74, 6) is 0.658. The van der Waals surface area contributed by atoms with Crippen molar-refractivity contribution in [1.29, 1.82) is 0 Å². The topological polar surface area (TPSA) is 47.0 Å². The van der Waals surface area contributed by atoms with E-state index in [0.29, 0.717) is 5.92 Å². The number of rotatable bonds is 5. The molecule has 0 N–H and O–H groups in total. The number of hydrogen-bond acceptors (Lipinski definition) is 3. The molecular formula is C18H23NO2S. The van der Waals surface area contributed by atoms with Gasteiger partial charge in [0.2, 0.25) is 0 Å². The fourth-order valence-corrected chi connectivity index (χ4v) is 3.80. The van der Waals surface area contributed by atoms with Crippen LogP contribution in [0, 0.1) is 0 Å². The van der Waals surface area contributed by atoms with Crippen LogP contribution in [0.1, 0.15) is 56.2 Å². The quantitative estimate of drug-likeness (QED) is 0.826. The van der Waals surface area contributed by atoms with Gasteiger partial charge in [-0.1, -0.05) is 52.0 Å². The Morgan fingerprint density at radius 3 is 2.27 bits per heavy atom. The van der Waals surface area contributed by atoms with E-state index in [1.54, 1.807) is 18.2 Å². The summed E-state index contributed by atoms with van der Waals surface area (Å²) in [6, 6.07) is 11.2. The molecule has 0 spiro atoms. The maximum absolute atomic E-state index is 12.6. The highest BCUT2D eigenvalue weighted by atomic mass is 32.2. The van der Waals surface area contributed by atoms with Gasteiger partial charge in [-0.3, -0.25) is 0 Å². The van der Waals surface area contributed by atoms with Gasteiger partial charge < -0.3 is 0 Å². The van der Waals surface area contributed by atoms with Crippen molar-refractivity contribution in [2.24, 2.45) is 0 Å². The van der Waals surface area contributed by atoms with E-state index in [1.165, 1.54) is 6.20 Å². The zero-order chi connectivity index (χ0) is 16.3. The molecule has 22 heavy (non-hydrogen) atoms. The van der Waals surface area contributed by atoms with E-state index in [1.807, 2.05) is 6.07 Å². The lowest BCUT2D eigenvalue weighted by molar-refractivity contribution is 0.591. The lowest BCUT2D eigenvalue weighted by atomic mass is 9.93. The number of hydrogen-bond donors (Lipinski definition) is 0. The Morgan fingerprint density at radius 2 is 1.73 bits per heavy atom. The molecule has 118 valence electrons. The molecule has 2 rings (SSSR count). The first-order chi connectivity index (χ1) is 10.3. The maximum atomic E-state index is 12.6. The third-order valence-corrected chi connectivity index (χ3v) is 5.33. The third-order valence-electron chi connectivity index (χ3n) is 3.76. The van der Waals surface area contributed by atoms with Crippen LogP contribution in [0.4, 0.5) is 0 Å². The molecule has 4 heteroatoms. The molecule has 1 aromatic carbocycles. The fourth-order valence-electron chi connectivity index (χ4n) is 2.48. The number of benzene rings is 1. The average molecular weight is 317 g/mol. The Bertz CT molecular complexity index is 735. The molecule has 0 unspecified atom stereocenters. The van der Waals surface area contributed by atoms with E-state index in [0.717, 1.165) is 16.7 Å². The Hall–Kier alpha value is -1.68. The SMILES string of the molecule is CC(C)c1ccc(C(C)C)c(CS(=O)(=O)c2ccccn2)c1. The van der Waals surface area contributed by atoms with E-state index in [-0.39, 0.29) is 16.7 Å². The highest BCUT2D eigenvalue weighted by Crippen LogP contribution is 2.27. The van der Waals surface area contributed by atoms with Gasteiger partial charge in [-0.2, -0.15) is 0 Å². The van der Waals surface area contributed by atoms with Crippen molar-refractivity contribution >= 4 is 9.84 Å². The standard InChI is InChI=1S/C18H23NO2S/c1-13(2)15-8-9-17(14(3)4)16(11-15)12-22(20,21)18-7-5-6-10-19-18/h5-11,13-14H,12H2,1-4H3. The molecule has 0 atom stereocenters. The van der Waals surface area contributed by atoms with E-state index < -0.39 is 9.84 Å². The predicted octanol–water partition coefficient (Wildman–Crippen LogP) is 4.30. The third kappa shape index (κ3) is 3.74. The van der Waals surface area contributed by atoms with E-state index >= 15 is 0 Å². The number of pyridine rings is 1. The van der Waals surface area contributed by atoms with E-state index in [9.17, 15) is 8.42 Å². The van der Waals surface area contributed by atoms with Gasteiger partial charge in [0.25, 0.3) is 0 Å². The smallest absolute Gasteiger partial charge is 0.199 e. The first kappa shape index (κ1) is 16.7. The van der Waals surface area contributed by atoms with Crippen molar-refractivity contribution in [2.45, 2.75) is 50.3 Å². The molecule has 0 aliphatic heterocycles. The molecule has 0 bridgehead atoms. The summed E-state index contributed by atoms with van der Waals surface area (Å²) in [6.45, 7) is 8.39. The van der Waals surface area contributed by atoms with Gasteiger partial charge in [0.05, 0.1) is 5.75 Å². The second-order valence-electron chi connectivity index (χ2n) is 6.19. The summed E-state index contributed by atoms with van der Waals surface area (Å²) in [5.41, 5.74) is 3.13. The van der Waals surface area contributed by atoms with Crippen molar-refractivity contribution in [2.75, 3.05) is 0 Å². The van der Waals surface area contributed by atoms with Crippen molar-refractivity contribution in [1.82, 2.24) is 4.98 Å². The van der Waals surface area contributed by atoms with Gasteiger partial charge in [0, 0.05) is 6.20 Å². The number of nitrogens with zero attached hydrogens (tertiary/aromatic N) is 1. The molecule has 0 fully saturated rings. The molecule has 1 heterocycles. The molecule has 2 aromatic rings. The summed E-state index contributed by atoms with van der Waals surface area (Å²) in [6.07, 6.45) is 1.51. The molecule has 0 radical (unpaired) electrons. The normalized spacial score (nSPS) is 12.1. The molecule has 0 amide bonds. The van der Waals surface area contributed by atoms with Crippen LogP contribution in [-0.4, -0.2) is 13.4 Å². The van der Waals surface area contributed by atoms with Crippen LogP contribution in [0.15, 0.2) is 47.6 Å². The molecule has 0 saturated heterocycles. The fraction of sp³-hybridized carbons (Fsp3) is 0.389. The summed E-state index contributed by atoms with van der Waals surface area (Å²) in [5, 5.41) is 0.139. The monoisotopic (exact) mass is 317 g/mol. The summed E-state index contributed by atoms with van der Waals surface area (Å²) in [4.78, 5) is 3.99. The molecule has 3 nitrogen and oxygen atoms in total. The van der Waals surface area contributed by atoms with E-state index in [4.69, 9.17) is 0 Å². The Balaban J connectivity index is 2.45. The van der Waals surface area contributed by atoms with Gasteiger partial charge in [-0.05, 0) is 40.7 Å². The predicted molar refractivity (Wildman–Crippen MR) is 89.7 cm³/mol. The number of sulfone groups is 1. The van der Waals surface area contributed by atoms with Gasteiger partial charge in [0.15, 0.2) is 14.9 Å². The first-order valence-electron chi connectivity index (χ1n) is 7.57.